The highest BCUT2D eigenvalue weighted by Gasteiger charge is 2.19. The molecule has 0 radical (unpaired) electrons. The molecule has 0 unspecified atom stereocenters. The van der Waals surface area contributed by atoms with Crippen LogP contribution in [0.5, 0.6) is 0 Å². The Hall–Kier alpha value is -2.45. The predicted molar refractivity (Wildman–Crippen MR) is 107 cm³/mol. The molecule has 8 heteroatoms. The van der Waals surface area contributed by atoms with Crippen LogP contribution in [-0.4, -0.2) is 38.5 Å². The van der Waals surface area contributed by atoms with Crippen molar-refractivity contribution in [1.29, 1.82) is 0 Å². The Morgan fingerprint density at radius 3 is 2.74 bits per heavy atom. The first-order chi connectivity index (χ1) is 13.1. The third-order valence-corrected chi connectivity index (χ3v) is 5.97. The van der Waals surface area contributed by atoms with E-state index in [1.54, 1.807) is 20.5 Å². The number of nitrogens with one attached hydrogen (secondary N) is 1. The number of aromatic nitrogens is 3. The second kappa shape index (κ2) is 7.28. The standard InChI is InChI=1S/C19H23N5O2S/c1-3-23-14-6-4-5-7-15(14)24(19(23)26)11-9-17(25)21-18-20-13-8-10-22(2)12-16(13)27-18/h4-7H,3,8-12H2,1-2H3,(H,20,21,25). The topological polar surface area (TPSA) is 72.2 Å². The Kier molecular flexibility index (Phi) is 4.84. The Morgan fingerprint density at radius 2 is 2.00 bits per heavy atom. The van der Waals surface area contributed by atoms with Gasteiger partial charge in [-0.05, 0) is 26.1 Å². The second-order valence-electron chi connectivity index (χ2n) is 6.84. The minimum Gasteiger partial charge on any atom is -0.302 e. The van der Waals surface area contributed by atoms with Crippen LogP contribution in [0.1, 0.15) is 23.9 Å². The number of likely N-dealkylation sites (N-methyl/N-ethyl adjacent to an activating group) is 1. The third kappa shape index (κ3) is 3.42. The maximum Gasteiger partial charge on any atom is 0.329 e. The fraction of sp³-hybridized carbons (Fsp3) is 0.421. The van der Waals surface area contributed by atoms with E-state index >= 15 is 0 Å². The van der Waals surface area contributed by atoms with Crippen LogP contribution in [0.3, 0.4) is 0 Å². The first-order valence-electron chi connectivity index (χ1n) is 9.22. The van der Waals surface area contributed by atoms with Crippen LogP contribution in [0.15, 0.2) is 29.1 Å². The lowest BCUT2D eigenvalue weighted by molar-refractivity contribution is -0.116. The molecule has 0 saturated heterocycles. The first-order valence-corrected chi connectivity index (χ1v) is 10.0. The minimum atomic E-state index is -0.116. The van der Waals surface area contributed by atoms with Crippen LogP contribution in [0.4, 0.5) is 5.13 Å². The molecule has 27 heavy (non-hydrogen) atoms. The van der Waals surface area contributed by atoms with E-state index in [1.165, 1.54) is 4.88 Å². The van der Waals surface area contributed by atoms with E-state index in [9.17, 15) is 9.59 Å². The van der Waals surface area contributed by atoms with Gasteiger partial charge in [0.25, 0.3) is 0 Å². The second-order valence-corrected chi connectivity index (χ2v) is 7.93. The highest BCUT2D eigenvalue weighted by atomic mass is 32.1. The fourth-order valence-corrected chi connectivity index (χ4v) is 4.67. The monoisotopic (exact) mass is 385 g/mol. The van der Waals surface area contributed by atoms with Gasteiger partial charge in [0, 0.05) is 43.9 Å². The number of hydrogen-bond acceptors (Lipinski definition) is 5. The summed E-state index contributed by atoms with van der Waals surface area (Å²) in [5.74, 6) is -0.116. The lowest BCUT2D eigenvalue weighted by Gasteiger charge is -2.20. The molecule has 0 aliphatic carbocycles. The SMILES string of the molecule is CCn1c(=O)n(CCC(=O)Nc2nc3c(s2)CN(C)CC3)c2ccccc21. The molecule has 0 bridgehead atoms. The van der Waals surface area contributed by atoms with E-state index < -0.39 is 0 Å². The lowest BCUT2D eigenvalue weighted by Crippen LogP contribution is -2.25. The summed E-state index contributed by atoms with van der Waals surface area (Å²) >= 11 is 1.55. The molecule has 0 atom stereocenters. The summed E-state index contributed by atoms with van der Waals surface area (Å²) in [6, 6.07) is 7.70. The maximum atomic E-state index is 12.6. The average molecular weight is 385 g/mol. The van der Waals surface area contributed by atoms with E-state index in [0.29, 0.717) is 18.2 Å². The van der Waals surface area contributed by atoms with Crippen LogP contribution < -0.4 is 11.0 Å². The Bertz CT molecular complexity index is 1050. The average Bonchev–Trinajstić information content (AvgIpc) is 3.16. The molecule has 0 spiro atoms. The summed E-state index contributed by atoms with van der Waals surface area (Å²) < 4.78 is 3.42. The minimum absolute atomic E-state index is 0.0701. The third-order valence-electron chi connectivity index (χ3n) is 4.97. The summed E-state index contributed by atoms with van der Waals surface area (Å²) in [6.45, 7) is 4.79. The number of thiazole rings is 1. The number of rotatable bonds is 5. The molecule has 1 amide bonds. The van der Waals surface area contributed by atoms with Gasteiger partial charge in [0.15, 0.2) is 5.13 Å². The van der Waals surface area contributed by atoms with Gasteiger partial charge in [0.05, 0.1) is 16.7 Å². The van der Waals surface area contributed by atoms with Gasteiger partial charge in [-0.25, -0.2) is 9.78 Å². The smallest absolute Gasteiger partial charge is 0.302 e. The number of nitrogens with zero attached hydrogens (tertiary/aromatic N) is 4. The molecular weight excluding hydrogens is 362 g/mol. The molecule has 7 nitrogen and oxygen atoms in total. The van der Waals surface area contributed by atoms with Crippen molar-refractivity contribution in [2.45, 2.75) is 39.4 Å². The highest BCUT2D eigenvalue weighted by Crippen LogP contribution is 2.27. The largest absolute Gasteiger partial charge is 0.329 e. The summed E-state index contributed by atoms with van der Waals surface area (Å²) in [5, 5.41) is 3.56. The number of carbonyl (C=O) groups excluding carboxylic acids is 1. The molecule has 1 N–H and O–H groups in total. The summed E-state index contributed by atoms with van der Waals surface area (Å²) in [5.41, 5.74) is 2.79. The normalized spacial score (nSPS) is 14.4. The van der Waals surface area contributed by atoms with E-state index in [1.807, 2.05) is 31.2 Å². The van der Waals surface area contributed by atoms with Gasteiger partial charge >= 0.3 is 5.69 Å². The number of amides is 1. The van der Waals surface area contributed by atoms with E-state index in [0.717, 1.165) is 36.2 Å². The molecule has 4 rings (SSSR count). The van der Waals surface area contributed by atoms with Crippen molar-refractivity contribution in [3.8, 4) is 0 Å². The number of para-hydroxylation sites is 2. The van der Waals surface area contributed by atoms with Crippen molar-refractivity contribution in [3.05, 3.63) is 45.3 Å². The molecule has 142 valence electrons. The zero-order valence-electron chi connectivity index (χ0n) is 15.6. The summed E-state index contributed by atoms with van der Waals surface area (Å²) in [6.07, 6.45) is 1.16. The Morgan fingerprint density at radius 1 is 1.26 bits per heavy atom. The summed E-state index contributed by atoms with van der Waals surface area (Å²) in [7, 11) is 2.09. The molecule has 3 aromatic rings. The number of fused-ring (bicyclic) bond motifs is 2. The van der Waals surface area contributed by atoms with Gasteiger partial charge < -0.3 is 10.2 Å². The fourth-order valence-electron chi connectivity index (χ4n) is 3.57. The Balaban J connectivity index is 1.47. The Labute approximate surface area is 161 Å². The van der Waals surface area contributed by atoms with Gasteiger partial charge in [0.1, 0.15) is 0 Å². The molecule has 3 heterocycles. The number of hydrogen-bond donors (Lipinski definition) is 1. The van der Waals surface area contributed by atoms with Crippen molar-refractivity contribution in [2.24, 2.45) is 0 Å². The quantitative estimate of drug-likeness (QED) is 0.731. The van der Waals surface area contributed by atoms with Gasteiger partial charge in [-0.2, -0.15) is 0 Å². The number of anilines is 1. The zero-order chi connectivity index (χ0) is 19.0. The highest BCUT2D eigenvalue weighted by molar-refractivity contribution is 7.15. The van der Waals surface area contributed by atoms with Crippen molar-refractivity contribution >= 4 is 33.4 Å². The maximum absolute atomic E-state index is 12.6. The number of carbonyl (C=O) groups is 1. The molecule has 0 saturated carbocycles. The molecule has 2 aromatic heterocycles. The van der Waals surface area contributed by atoms with Crippen LogP contribution in [0.2, 0.25) is 0 Å². The van der Waals surface area contributed by atoms with E-state index in [4.69, 9.17) is 0 Å². The van der Waals surface area contributed by atoms with Gasteiger partial charge in [-0.15, -0.1) is 11.3 Å². The number of benzene rings is 1. The van der Waals surface area contributed by atoms with Crippen molar-refractivity contribution in [2.75, 3.05) is 18.9 Å². The first kappa shape index (κ1) is 17.9. The molecule has 1 aliphatic heterocycles. The van der Waals surface area contributed by atoms with E-state index in [2.05, 4.69) is 22.2 Å². The van der Waals surface area contributed by atoms with Gasteiger partial charge in [-0.3, -0.25) is 13.9 Å². The predicted octanol–water partition coefficient (Wildman–Crippen LogP) is 2.30. The van der Waals surface area contributed by atoms with Crippen LogP contribution in [-0.2, 0) is 30.8 Å². The van der Waals surface area contributed by atoms with Crippen molar-refractivity contribution < 1.29 is 4.79 Å². The number of aryl methyl sites for hydroxylation is 2. The molecule has 0 fully saturated rings. The van der Waals surface area contributed by atoms with Crippen LogP contribution >= 0.6 is 11.3 Å². The molecular formula is C19H23N5O2S. The van der Waals surface area contributed by atoms with Crippen LogP contribution in [0.25, 0.3) is 11.0 Å². The summed E-state index contributed by atoms with van der Waals surface area (Å²) in [4.78, 5) is 33.1. The van der Waals surface area contributed by atoms with Gasteiger partial charge in [-0.1, -0.05) is 12.1 Å². The van der Waals surface area contributed by atoms with Gasteiger partial charge in [0.2, 0.25) is 5.91 Å². The molecule has 1 aromatic carbocycles. The van der Waals surface area contributed by atoms with E-state index in [-0.39, 0.29) is 18.0 Å². The number of imidazole rings is 1. The van der Waals surface area contributed by atoms with Crippen molar-refractivity contribution in [3.63, 3.8) is 0 Å². The zero-order valence-corrected chi connectivity index (χ0v) is 16.4. The van der Waals surface area contributed by atoms with Crippen molar-refractivity contribution in [1.82, 2.24) is 19.0 Å². The van der Waals surface area contributed by atoms with Crippen LogP contribution in [0, 0.1) is 0 Å². The molecule has 1 aliphatic rings. The lowest BCUT2D eigenvalue weighted by atomic mass is 10.2.